The third kappa shape index (κ3) is 8.60. The van der Waals surface area contributed by atoms with Gasteiger partial charge in [0.2, 0.25) is 0 Å². The van der Waals surface area contributed by atoms with Gasteiger partial charge in [0.05, 0.1) is 0 Å². The lowest BCUT2D eigenvalue weighted by Crippen LogP contribution is -2.31. The van der Waals surface area contributed by atoms with E-state index in [4.69, 9.17) is 9.90 Å². The SMILES string of the molecule is CC[S+]([O-])CC1CCNCC1.O=C(O)C(F)(F)F. The molecule has 0 aromatic heterocycles. The molecule has 0 bridgehead atoms. The van der Waals surface area contributed by atoms with Gasteiger partial charge in [0, 0.05) is 5.92 Å². The number of alkyl halides is 3. The molecule has 0 spiro atoms. The number of halogens is 3. The molecule has 1 atom stereocenters. The number of hydrogen-bond acceptors (Lipinski definition) is 3. The van der Waals surface area contributed by atoms with Crippen LogP contribution >= 0.6 is 0 Å². The molecular formula is C10H18F3NO3S. The minimum atomic E-state index is -5.08. The highest BCUT2D eigenvalue weighted by Crippen LogP contribution is 2.14. The van der Waals surface area contributed by atoms with Crippen LogP contribution in [0.5, 0.6) is 0 Å². The standard InChI is InChI=1S/C8H17NOS.C2HF3O2/c1-2-11(10)7-8-3-5-9-6-4-8;3-2(4,5)1(6)7/h8-9H,2-7H2,1H3;(H,6,7). The molecule has 8 heteroatoms. The van der Waals surface area contributed by atoms with Crippen LogP contribution in [0, 0.1) is 5.92 Å². The third-order valence-electron chi connectivity index (χ3n) is 2.44. The molecule has 108 valence electrons. The Labute approximate surface area is 107 Å². The summed E-state index contributed by atoms with van der Waals surface area (Å²) in [5.41, 5.74) is 0. The normalized spacial score (nSPS) is 18.7. The van der Waals surface area contributed by atoms with Crippen molar-refractivity contribution in [2.75, 3.05) is 24.6 Å². The summed E-state index contributed by atoms with van der Waals surface area (Å²) in [6.45, 7) is 4.23. The molecule has 2 N–H and O–H groups in total. The van der Waals surface area contributed by atoms with Gasteiger partial charge < -0.3 is 15.0 Å². The van der Waals surface area contributed by atoms with Gasteiger partial charge in [0.25, 0.3) is 0 Å². The van der Waals surface area contributed by atoms with E-state index in [1.54, 1.807) is 0 Å². The monoisotopic (exact) mass is 289 g/mol. The molecule has 1 unspecified atom stereocenters. The Morgan fingerprint density at radius 3 is 2.22 bits per heavy atom. The molecule has 4 nitrogen and oxygen atoms in total. The van der Waals surface area contributed by atoms with Crippen LogP contribution in [0.2, 0.25) is 0 Å². The maximum absolute atomic E-state index is 11.2. The van der Waals surface area contributed by atoms with E-state index in [1.807, 2.05) is 6.92 Å². The molecule has 0 saturated carbocycles. The number of piperidine rings is 1. The Hall–Kier alpha value is -0.470. The zero-order chi connectivity index (χ0) is 14.2. The molecule has 1 rings (SSSR count). The number of carbonyl (C=O) groups is 1. The molecule has 0 radical (unpaired) electrons. The van der Waals surface area contributed by atoms with E-state index in [9.17, 15) is 17.7 Å². The van der Waals surface area contributed by atoms with Crippen molar-refractivity contribution in [3.63, 3.8) is 0 Å². The van der Waals surface area contributed by atoms with Gasteiger partial charge in [-0.2, -0.15) is 13.2 Å². The Morgan fingerprint density at radius 1 is 1.44 bits per heavy atom. The number of carboxylic acids is 1. The van der Waals surface area contributed by atoms with Crippen LogP contribution in [-0.4, -0.2) is 46.4 Å². The number of hydrogen-bond donors (Lipinski definition) is 2. The first kappa shape index (κ1) is 17.5. The van der Waals surface area contributed by atoms with Crippen molar-refractivity contribution in [2.45, 2.75) is 25.9 Å². The molecule has 0 aromatic carbocycles. The fourth-order valence-corrected chi connectivity index (χ4v) is 2.52. The van der Waals surface area contributed by atoms with Crippen LogP contribution in [-0.2, 0) is 16.0 Å². The van der Waals surface area contributed by atoms with Crippen LogP contribution in [0.15, 0.2) is 0 Å². The van der Waals surface area contributed by atoms with Gasteiger partial charge in [-0.3, -0.25) is 0 Å². The van der Waals surface area contributed by atoms with Gasteiger partial charge in [0.15, 0.2) is 0 Å². The summed E-state index contributed by atoms with van der Waals surface area (Å²) in [7, 11) is 0. The first-order valence-corrected chi connectivity index (χ1v) is 7.12. The van der Waals surface area contributed by atoms with Crippen molar-refractivity contribution >= 4 is 17.1 Å². The Morgan fingerprint density at radius 2 is 1.89 bits per heavy atom. The number of carboxylic acid groups (broad SMARTS) is 1. The quantitative estimate of drug-likeness (QED) is 0.770. The van der Waals surface area contributed by atoms with Gasteiger partial charge in [0.1, 0.15) is 11.5 Å². The molecular weight excluding hydrogens is 271 g/mol. The van der Waals surface area contributed by atoms with E-state index in [-0.39, 0.29) is 0 Å². The van der Waals surface area contributed by atoms with Crippen molar-refractivity contribution in [3.05, 3.63) is 0 Å². The van der Waals surface area contributed by atoms with Gasteiger partial charge in [-0.1, -0.05) is 11.2 Å². The van der Waals surface area contributed by atoms with E-state index in [0.29, 0.717) is 0 Å². The van der Waals surface area contributed by atoms with Gasteiger partial charge >= 0.3 is 12.1 Å². The van der Waals surface area contributed by atoms with Crippen LogP contribution in [0.1, 0.15) is 19.8 Å². The summed E-state index contributed by atoms with van der Waals surface area (Å²) < 4.78 is 42.9. The predicted octanol–water partition coefficient (Wildman–Crippen LogP) is 1.39. The van der Waals surface area contributed by atoms with E-state index >= 15 is 0 Å². The van der Waals surface area contributed by atoms with Crippen molar-refractivity contribution < 1.29 is 27.6 Å². The van der Waals surface area contributed by atoms with E-state index < -0.39 is 23.3 Å². The number of rotatable bonds is 3. The molecule has 1 fully saturated rings. The molecule has 18 heavy (non-hydrogen) atoms. The Balaban J connectivity index is 0.000000360. The first-order valence-electron chi connectivity index (χ1n) is 5.63. The topological polar surface area (TPSA) is 72.4 Å². The molecule has 0 aromatic rings. The van der Waals surface area contributed by atoms with Crippen LogP contribution in [0.25, 0.3) is 0 Å². The summed E-state index contributed by atoms with van der Waals surface area (Å²) in [5.74, 6) is -0.285. The van der Waals surface area contributed by atoms with Gasteiger partial charge in [-0.05, 0) is 32.9 Å². The second-order valence-corrected chi connectivity index (χ2v) is 5.68. The summed E-state index contributed by atoms with van der Waals surface area (Å²) in [6, 6.07) is 0. The van der Waals surface area contributed by atoms with Crippen molar-refractivity contribution in [1.82, 2.24) is 5.32 Å². The molecule has 1 saturated heterocycles. The van der Waals surface area contributed by atoms with Crippen LogP contribution in [0.3, 0.4) is 0 Å². The van der Waals surface area contributed by atoms with Crippen LogP contribution < -0.4 is 5.32 Å². The summed E-state index contributed by atoms with van der Waals surface area (Å²) in [4.78, 5) is 8.90. The van der Waals surface area contributed by atoms with Gasteiger partial charge in [-0.15, -0.1) is 0 Å². The average Bonchev–Trinajstić information content (AvgIpc) is 2.29. The molecule has 1 aliphatic heterocycles. The highest BCUT2D eigenvalue weighted by atomic mass is 32.2. The largest absolute Gasteiger partial charge is 0.616 e. The zero-order valence-corrected chi connectivity index (χ0v) is 10.9. The predicted molar refractivity (Wildman–Crippen MR) is 62.8 cm³/mol. The lowest BCUT2D eigenvalue weighted by Gasteiger charge is -2.22. The van der Waals surface area contributed by atoms with Crippen molar-refractivity contribution in [1.29, 1.82) is 0 Å². The minimum Gasteiger partial charge on any atom is -0.616 e. The molecule has 0 aliphatic carbocycles. The maximum atomic E-state index is 11.2. The summed E-state index contributed by atoms with van der Waals surface area (Å²) in [5, 5.41) is 10.4. The molecule has 0 amide bonds. The average molecular weight is 289 g/mol. The summed E-state index contributed by atoms with van der Waals surface area (Å²) >= 11 is -0.552. The second kappa shape index (κ2) is 8.60. The van der Waals surface area contributed by atoms with Crippen molar-refractivity contribution in [3.8, 4) is 0 Å². The fraction of sp³-hybridized carbons (Fsp3) is 0.900. The highest BCUT2D eigenvalue weighted by Gasteiger charge is 2.38. The zero-order valence-electron chi connectivity index (χ0n) is 10.1. The number of aliphatic carboxylic acids is 1. The minimum absolute atomic E-state index is 0.552. The molecule has 1 aliphatic rings. The Kier molecular flexibility index (Phi) is 8.38. The second-order valence-electron chi connectivity index (χ2n) is 3.89. The first-order chi connectivity index (χ1) is 8.27. The van der Waals surface area contributed by atoms with E-state index in [2.05, 4.69) is 5.32 Å². The third-order valence-corrected chi connectivity index (χ3v) is 3.93. The smallest absolute Gasteiger partial charge is 0.490 e. The van der Waals surface area contributed by atoms with Crippen molar-refractivity contribution in [2.24, 2.45) is 5.92 Å². The Bertz CT molecular complexity index is 245. The highest BCUT2D eigenvalue weighted by molar-refractivity contribution is 7.91. The summed E-state index contributed by atoms with van der Waals surface area (Å²) in [6.07, 6.45) is -2.66. The van der Waals surface area contributed by atoms with E-state index in [0.717, 1.165) is 30.5 Å². The lowest BCUT2D eigenvalue weighted by molar-refractivity contribution is -0.192. The van der Waals surface area contributed by atoms with Crippen LogP contribution in [0.4, 0.5) is 13.2 Å². The maximum Gasteiger partial charge on any atom is 0.490 e. The van der Waals surface area contributed by atoms with E-state index in [1.165, 1.54) is 12.8 Å². The number of nitrogens with one attached hydrogen (secondary N) is 1. The molecule has 1 heterocycles. The lowest BCUT2D eigenvalue weighted by atomic mass is 10.0. The fourth-order valence-electron chi connectivity index (χ4n) is 1.43. The van der Waals surface area contributed by atoms with Gasteiger partial charge in [-0.25, -0.2) is 4.79 Å².